The van der Waals surface area contributed by atoms with E-state index in [4.69, 9.17) is 4.74 Å². The van der Waals surface area contributed by atoms with E-state index in [-0.39, 0.29) is 0 Å². The van der Waals surface area contributed by atoms with Gasteiger partial charge in [0.25, 0.3) is 0 Å². The van der Waals surface area contributed by atoms with Gasteiger partial charge in [0.05, 0.1) is 13.2 Å². The van der Waals surface area contributed by atoms with Crippen LogP contribution in [-0.2, 0) is 0 Å². The summed E-state index contributed by atoms with van der Waals surface area (Å²) in [7, 11) is 1.63. The summed E-state index contributed by atoms with van der Waals surface area (Å²) in [6, 6.07) is 14.2. The molecule has 0 saturated carbocycles. The molecule has 1 N–H and O–H groups in total. The van der Waals surface area contributed by atoms with Gasteiger partial charge in [0.1, 0.15) is 5.75 Å². The second-order valence-corrected chi connectivity index (χ2v) is 5.58. The first-order valence-electron chi connectivity index (χ1n) is 6.21. The van der Waals surface area contributed by atoms with E-state index in [1.165, 1.54) is 5.56 Å². The van der Waals surface area contributed by atoms with Crippen LogP contribution in [0.3, 0.4) is 0 Å². The molecule has 0 aliphatic heterocycles. The lowest BCUT2D eigenvalue weighted by molar-refractivity contribution is 0.191. The molecule has 100 valence electrons. The molecule has 0 spiro atoms. The molecule has 0 aliphatic carbocycles. The SMILES string of the molecule is COc1cccc(Sc2cccc(C)c2)c1[C@H](C)O. The minimum Gasteiger partial charge on any atom is -0.496 e. The van der Waals surface area contributed by atoms with E-state index >= 15 is 0 Å². The van der Waals surface area contributed by atoms with Crippen LogP contribution in [-0.4, -0.2) is 12.2 Å². The lowest BCUT2D eigenvalue weighted by Crippen LogP contribution is -1.98. The zero-order valence-electron chi connectivity index (χ0n) is 11.4. The summed E-state index contributed by atoms with van der Waals surface area (Å²) in [5, 5.41) is 9.96. The van der Waals surface area contributed by atoms with Crippen LogP contribution in [0.2, 0.25) is 0 Å². The molecule has 2 aromatic carbocycles. The van der Waals surface area contributed by atoms with E-state index in [9.17, 15) is 5.11 Å². The molecule has 0 aliphatic rings. The number of benzene rings is 2. The number of hydrogen-bond acceptors (Lipinski definition) is 3. The highest BCUT2D eigenvalue weighted by molar-refractivity contribution is 7.99. The number of rotatable bonds is 4. The van der Waals surface area contributed by atoms with Gasteiger partial charge in [0.2, 0.25) is 0 Å². The first kappa shape index (κ1) is 14.0. The van der Waals surface area contributed by atoms with Gasteiger partial charge in [-0.1, -0.05) is 35.5 Å². The zero-order valence-corrected chi connectivity index (χ0v) is 12.2. The second kappa shape index (κ2) is 6.13. The fourth-order valence-electron chi connectivity index (χ4n) is 2.01. The lowest BCUT2D eigenvalue weighted by atomic mass is 10.1. The van der Waals surface area contributed by atoms with Crippen molar-refractivity contribution in [2.75, 3.05) is 7.11 Å². The minimum absolute atomic E-state index is 0.552. The van der Waals surface area contributed by atoms with Gasteiger partial charge in [-0.3, -0.25) is 0 Å². The van der Waals surface area contributed by atoms with Gasteiger partial charge in [0.15, 0.2) is 0 Å². The van der Waals surface area contributed by atoms with Crippen LogP contribution >= 0.6 is 11.8 Å². The maximum absolute atomic E-state index is 9.96. The average Bonchev–Trinajstić information content (AvgIpc) is 2.38. The van der Waals surface area contributed by atoms with Gasteiger partial charge < -0.3 is 9.84 Å². The normalized spacial score (nSPS) is 12.2. The molecular formula is C16H18O2S. The lowest BCUT2D eigenvalue weighted by Gasteiger charge is -2.15. The Hall–Kier alpha value is -1.45. The molecule has 0 amide bonds. The zero-order chi connectivity index (χ0) is 13.8. The monoisotopic (exact) mass is 274 g/mol. The molecule has 0 heterocycles. The van der Waals surface area contributed by atoms with Crippen molar-refractivity contribution in [2.24, 2.45) is 0 Å². The predicted molar refractivity (Wildman–Crippen MR) is 78.9 cm³/mol. The topological polar surface area (TPSA) is 29.5 Å². The number of methoxy groups -OCH3 is 1. The highest BCUT2D eigenvalue weighted by atomic mass is 32.2. The Balaban J connectivity index is 2.39. The first-order valence-corrected chi connectivity index (χ1v) is 7.03. The van der Waals surface area contributed by atoms with Gasteiger partial charge in [0, 0.05) is 15.4 Å². The van der Waals surface area contributed by atoms with Crippen molar-refractivity contribution in [3.05, 3.63) is 53.6 Å². The Morgan fingerprint density at radius 2 is 1.89 bits per heavy atom. The second-order valence-electron chi connectivity index (χ2n) is 4.47. The number of aliphatic hydroxyl groups is 1. The third kappa shape index (κ3) is 3.31. The molecule has 0 saturated heterocycles. The summed E-state index contributed by atoms with van der Waals surface area (Å²) in [6.45, 7) is 3.84. The van der Waals surface area contributed by atoms with E-state index in [0.29, 0.717) is 0 Å². The fraction of sp³-hybridized carbons (Fsp3) is 0.250. The molecule has 0 aromatic heterocycles. The third-order valence-corrected chi connectivity index (χ3v) is 3.95. The van der Waals surface area contributed by atoms with Crippen LogP contribution in [0.5, 0.6) is 5.75 Å². The smallest absolute Gasteiger partial charge is 0.125 e. The van der Waals surface area contributed by atoms with Crippen molar-refractivity contribution >= 4 is 11.8 Å². The van der Waals surface area contributed by atoms with Crippen molar-refractivity contribution in [3.63, 3.8) is 0 Å². The number of aryl methyl sites for hydroxylation is 1. The summed E-state index contributed by atoms with van der Waals surface area (Å²) < 4.78 is 5.34. The summed E-state index contributed by atoms with van der Waals surface area (Å²) in [5.74, 6) is 0.729. The molecule has 2 aromatic rings. The van der Waals surface area contributed by atoms with Gasteiger partial charge in [-0.2, -0.15) is 0 Å². The minimum atomic E-state index is -0.552. The van der Waals surface area contributed by atoms with Gasteiger partial charge >= 0.3 is 0 Å². The Bertz CT molecular complexity index is 564. The fourth-order valence-corrected chi connectivity index (χ4v) is 3.18. The predicted octanol–water partition coefficient (Wildman–Crippen LogP) is 4.21. The molecule has 0 unspecified atom stereocenters. The van der Waals surface area contributed by atoms with Crippen LogP contribution in [0.25, 0.3) is 0 Å². The molecule has 0 fully saturated rings. The Morgan fingerprint density at radius 3 is 2.53 bits per heavy atom. The third-order valence-electron chi connectivity index (χ3n) is 2.88. The number of ether oxygens (including phenoxy) is 1. The van der Waals surface area contributed by atoms with E-state index in [0.717, 1.165) is 21.1 Å². The number of hydrogen-bond donors (Lipinski definition) is 1. The van der Waals surface area contributed by atoms with Crippen LogP contribution in [0, 0.1) is 6.92 Å². The van der Waals surface area contributed by atoms with Gasteiger partial charge in [-0.15, -0.1) is 0 Å². The molecular weight excluding hydrogens is 256 g/mol. The first-order chi connectivity index (χ1) is 9.11. The molecule has 2 rings (SSSR count). The molecule has 19 heavy (non-hydrogen) atoms. The van der Waals surface area contributed by atoms with Crippen LogP contribution < -0.4 is 4.74 Å². The summed E-state index contributed by atoms with van der Waals surface area (Å²) >= 11 is 1.65. The maximum atomic E-state index is 9.96. The summed E-state index contributed by atoms with van der Waals surface area (Å²) in [4.78, 5) is 2.19. The maximum Gasteiger partial charge on any atom is 0.125 e. The Labute approximate surface area is 118 Å². The van der Waals surface area contributed by atoms with Crippen molar-refractivity contribution in [1.82, 2.24) is 0 Å². The molecule has 3 heteroatoms. The Morgan fingerprint density at radius 1 is 1.16 bits per heavy atom. The summed E-state index contributed by atoms with van der Waals surface area (Å²) in [6.07, 6.45) is -0.552. The van der Waals surface area contributed by atoms with Crippen LogP contribution in [0.4, 0.5) is 0 Å². The van der Waals surface area contributed by atoms with Gasteiger partial charge in [-0.05, 0) is 38.1 Å². The quantitative estimate of drug-likeness (QED) is 0.905. The van der Waals surface area contributed by atoms with E-state index in [1.807, 2.05) is 24.3 Å². The van der Waals surface area contributed by atoms with E-state index in [2.05, 4.69) is 25.1 Å². The standard InChI is InChI=1S/C16H18O2S/c1-11-6-4-7-13(10-11)19-15-9-5-8-14(18-3)16(15)12(2)17/h4-10,12,17H,1-3H3/t12-/m0/s1. The Kier molecular flexibility index (Phi) is 4.51. The van der Waals surface area contributed by atoms with Crippen molar-refractivity contribution in [1.29, 1.82) is 0 Å². The van der Waals surface area contributed by atoms with Gasteiger partial charge in [-0.25, -0.2) is 0 Å². The highest BCUT2D eigenvalue weighted by Gasteiger charge is 2.14. The van der Waals surface area contributed by atoms with Crippen molar-refractivity contribution < 1.29 is 9.84 Å². The van der Waals surface area contributed by atoms with Crippen LogP contribution in [0.1, 0.15) is 24.2 Å². The van der Waals surface area contributed by atoms with Crippen molar-refractivity contribution in [3.8, 4) is 5.75 Å². The average molecular weight is 274 g/mol. The molecule has 0 bridgehead atoms. The van der Waals surface area contributed by atoms with E-state index < -0.39 is 6.10 Å². The number of aliphatic hydroxyl groups excluding tert-OH is 1. The van der Waals surface area contributed by atoms with E-state index in [1.54, 1.807) is 25.8 Å². The largest absolute Gasteiger partial charge is 0.496 e. The molecule has 2 nitrogen and oxygen atoms in total. The van der Waals surface area contributed by atoms with Crippen LogP contribution in [0.15, 0.2) is 52.3 Å². The summed E-state index contributed by atoms with van der Waals surface area (Å²) in [5.41, 5.74) is 2.07. The molecule has 1 atom stereocenters. The van der Waals surface area contributed by atoms with Crippen molar-refractivity contribution in [2.45, 2.75) is 29.7 Å². The highest BCUT2D eigenvalue weighted by Crippen LogP contribution is 2.38. The molecule has 0 radical (unpaired) electrons.